The number of aromatic nitrogens is 3. The van der Waals surface area contributed by atoms with E-state index in [1.54, 1.807) is 35.8 Å². The third-order valence-corrected chi connectivity index (χ3v) is 7.86. The van der Waals surface area contributed by atoms with Crippen LogP contribution in [0.4, 0.5) is 8.78 Å². The minimum absolute atomic E-state index is 0.0589. The molecule has 11 heteroatoms. The Bertz CT molecular complexity index is 1230. The van der Waals surface area contributed by atoms with Crippen molar-refractivity contribution >= 4 is 27.5 Å². The molecule has 1 saturated heterocycles. The van der Waals surface area contributed by atoms with Gasteiger partial charge in [0.2, 0.25) is 5.91 Å². The van der Waals surface area contributed by atoms with Gasteiger partial charge in [-0.15, -0.1) is 10.2 Å². The van der Waals surface area contributed by atoms with Crippen LogP contribution in [-0.4, -0.2) is 51.9 Å². The molecule has 1 amide bonds. The molecule has 4 rings (SSSR count). The molecule has 1 aliphatic heterocycles. The molecule has 1 N–H and O–H groups in total. The van der Waals surface area contributed by atoms with Crippen LogP contribution >= 0.6 is 11.8 Å². The highest BCUT2D eigenvalue weighted by Crippen LogP contribution is 2.30. The number of rotatable bonds is 6. The predicted molar refractivity (Wildman–Crippen MR) is 117 cm³/mol. The Morgan fingerprint density at radius 1 is 1.09 bits per heavy atom. The first-order valence-electron chi connectivity index (χ1n) is 9.86. The number of hydrogen-bond acceptors (Lipinski definition) is 6. The standard InChI is InChI=1S/C21H20F2N4O3S2/c1-13(20(28)24-17-10-11-32(29,30)12-17)31-21-26-25-19(14-2-4-15(22)5-3-14)27(21)18-8-6-16(23)7-9-18/h2-9,13,17H,10-12H2,1H3,(H,24,28). The molecule has 1 aliphatic rings. The van der Waals surface area contributed by atoms with Crippen LogP contribution in [0.25, 0.3) is 17.1 Å². The van der Waals surface area contributed by atoms with Crippen LogP contribution < -0.4 is 5.32 Å². The maximum absolute atomic E-state index is 13.5. The predicted octanol–water partition coefficient (Wildman–Crippen LogP) is 3.00. The van der Waals surface area contributed by atoms with Crippen molar-refractivity contribution in [3.8, 4) is 17.1 Å². The molecule has 1 fully saturated rings. The lowest BCUT2D eigenvalue weighted by Crippen LogP contribution is -2.40. The lowest BCUT2D eigenvalue weighted by molar-refractivity contribution is -0.120. The Hall–Kier alpha value is -2.79. The number of nitrogens with one attached hydrogen (secondary N) is 1. The highest BCUT2D eigenvalue weighted by Gasteiger charge is 2.30. The summed E-state index contributed by atoms with van der Waals surface area (Å²) >= 11 is 1.14. The molecule has 7 nitrogen and oxygen atoms in total. The maximum Gasteiger partial charge on any atom is 0.233 e. The minimum atomic E-state index is -3.11. The highest BCUT2D eigenvalue weighted by molar-refractivity contribution is 8.00. The van der Waals surface area contributed by atoms with Crippen molar-refractivity contribution in [2.45, 2.75) is 29.8 Å². The summed E-state index contributed by atoms with van der Waals surface area (Å²) in [6.45, 7) is 1.69. The van der Waals surface area contributed by atoms with Crippen molar-refractivity contribution in [1.82, 2.24) is 20.1 Å². The topological polar surface area (TPSA) is 93.9 Å². The average molecular weight is 479 g/mol. The molecule has 0 spiro atoms. The van der Waals surface area contributed by atoms with Crippen LogP contribution in [0.15, 0.2) is 53.7 Å². The van der Waals surface area contributed by atoms with E-state index in [0.717, 1.165) is 11.8 Å². The van der Waals surface area contributed by atoms with E-state index in [-0.39, 0.29) is 17.4 Å². The molecular weight excluding hydrogens is 458 g/mol. The summed E-state index contributed by atoms with van der Waals surface area (Å²) in [5.74, 6) is -0.688. The van der Waals surface area contributed by atoms with E-state index in [9.17, 15) is 22.0 Å². The number of nitrogens with zero attached hydrogens (tertiary/aromatic N) is 3. The zero-order valence-corrected chi connectivity index (χ0v) is 18.7. The summed E-state index contributed by atoms with van der Waals surface area (Å²) in [4.78, 5) is 12.6. The van der Waals surface area contributed by atoms with Crippen molar-refractivity contribution in [1.29, 1.82) is 0 Å². The number of carbonyl (C=O) groups excluding carboxylic acids is 1. The quantitative estimate of drug-likeness (QED) is 0.548. The van der Waals surface area contributed by atoms with Gasteiger partial charge in [0.1, 0.15) is 11.6 Å². The lowest BCUT2D eigenvalue weighted by atomic mass is 10.2. The van der Waals surface area contributed by atoms with E-state index >= 15 is 0 Å². The molecule has 0 aliphatic carbocycles. The fraction of sp³-hybridized carbons (Fsp3) is 0.286. The van der Waals surface area contributed by atoms with Crippen LogP contribution in [0.2, 0.25) is 0 Å². The Morgan fingerprint density at radius 3 is 2.31 bits per heavy atom. The second kappa shape index (κ2) is 8.99. The number of halogens is 2. The van der Waals surface area contributed by atoms with Gasteiger partial charge in [-0.25, -0.2) is 17.2 Å². The van der Waals surface area contributed by atoms with Gasteiger partial charge in [-0.05, 0) is 61.9 Å². The summed E-state index contributed by atoms with van der Waals surface area (Å²) in [5, 5.41) is 11.0. The Labute approximate surface area is 188 Å². The van der Waals surface area contributed by atoms with Gasteiger partial charge in [-0.1, -0.05) is 11.8 Å². The van der Waals surface area contributed by atoms with Crippen molar-refractivity contribution < 1.29 is 22.0 Å². The number of benzene rings is 2. The molecule has 3 aromatic rings. The van der Waals surface area contributed by atoms with Crippen LogP contribution in [0.3, 0.4) is 0 Å². The fourth-order valence-corrected chi connectivity index (χ4v) is 5.94. The van der Waals surface area contributed by atoms with Gasteiger partial charge in [0, 0.05) is 17.3 Å². The van der Waals surface area contributed by atoms with E-state index in [1.807, 2.05) is 0 Å². The first kappa shape index (κ1) is 22.4. The second-order valence-corrected chi connectivity index (χ2v) is 11.0. The summed E-state index contributed by atoms with van der Waals surface area (Å²) < 4.78 is 51.8. The van der Waals surface area contributed by atoms with E-state index < -0.39 is 32.8 Å². The molecule has 0 bridgehead atoms. The molecule has 168 valence electrons. The zero-order chi connectivity index (χ0) is 22.9. The van der Waals surface area contributed by atoms with E-state index in [0.29, 0.717) is 28.7 Å². The highest BCUT2D eigenvalue weighted by atomic mass is 32.2. The Kier molecular flexibility index (Phi) is 6.29. The summed E-state index contributed by atoms with van der Waals surface area (Å²) in [6, 6.07) is 11.0. The van der Waals surface area contributed by atoms with Crippen LogP contribution in [0.1, 0.15) is 13.3 Å². The normalized spacial score (nSPS) is 18.4. The van der Waals surface area contributed by atoms with Crippen LogP contribution in [0.5, 0.6) is 0 Å². The molecule has 1 aromatic heterocycles. The van der Waals surface area contributed by atoms with Crippen molar-refractivity contribution in [2.24, 2.45) is 0 Å². The summed E-state index contributed by atoms with van der Waals surface area (Å²) in [7, 11) is -3.11. The molecular formula is C21H20F2N4O3S2. The van der Waals surface area contributed by atoms with E-state index in [1.165, 1.54) is 24.3 Å². The van der Waals surface area contributed by atoms with Gasteiger partial charge in [0.25, 0.3) is 0 Å². The zero-order valence-electron chi connectivity index (χ0n) is 17.0. The molecule has 2 unspecified atom stereocenters. The van der Waals surface area contributed by atoms with Gasteiger partial charge in [-0.3, -0.25) is 9.36 Å². The SMILES string of the molecule is CC(Sc1nnc(-c2ccc(F)cc2)n1-c1ccc(F)cc1)C(=O)NC1CCS(=O)(=O)C1. The number of amides is 1. The molecule has 0 saturated carbocycles. The average Bonchev–Trinajstić information content (AvgIpc) is 3.31. The smallest absolute Gasteiger partial charge is 0.233 e. The summed E-state index contributed by atoms with van der Waals surface area (Å²) in [6.07, 6.45) is 0.395. The van der Waals surface area contributed by atoms with Gasteiger partial charge in [0.15, 0.2) is 20.8 Å². The molecule has 2 atom stereocenters. The largest absolute Gasteiger partial charge is 0.351 e. The third-order valence-electron chi connectivity index (χ3n) is 5.05. The number of thioether (sulfide) groups is 1. The monoisotopic (exact) mass is 478 g/mol. The van der Waals surface area contributed by atoms with Gasteiger partial charge in [0.05, 0.1) is 16.8 Å². The molecule has 2 heterocycles. The maximum atomic E-state index is 13.5. The minimum Gasteiger partial charge on any atom is -0.351 e. The van der Waals surface area contributed by atoms with Crippen LogP contribution in [-0.2, 0) is 14.6 Å². The Morgan fingerprint density at radius 2 is 1.72 bits per heavy atom. The summed E-state index contributed by atoms with van der Waals surface area (Å²) in [5.41, 5.74) is 1.18. The number of hydrogen-bond donors (Lipinski definition) is 1. The number of sulfone groups is 1. The van der Waals surface area contributed by atoms with Gasteiger partial charge in [-0.2, -0.15) is 0 Å². The molecule has 2 aromatic carbocycles. The van der Waals surface area contributed by atoms with Crippen molar-refractivity contribution in [3.63, 3.8) is 0 Å². The molecule has 0 radical (unpaired) electrons. The first-order chi connectivity index (χ1) is 15.2. The second-order valence-electron chi connectivity index (χ2n) is 7.49. The third kappa shape index (κ3) is 4.99. The first-order valence-corrected chi connectivity index (χ1v) is 12.6. The lowest BCUT2D eigenvalue weighted by Gasteiger charge is -2.16. The van der Waals surface area contributed by atoms with E-state index in [4.69, 9.17) is 0 Å². The molecule has 32 heavy (non-hydrogen) atoms. The number of carbonyl (C=O) groups is 1. The van der Waals surface area contributed by atoms with Crippen molar-refractivity contribution in [2.75, 3.05) is 11.5 Å². The Balaban J connectivity index is 1.61. The fourth-order valence-electron chi connectivity index (χ4n) is 3.39. The van der Waals surface area contributed by atoms with Gasteiger partial charge >= 0.3 is 0 Å². The van der Waals surface area contributed by atoms with E-state index in [2.05, 4.69) is 15.5 Å². The van der Waals surface area contributed by atoms with Crippen molar-refractivity contribution in [3.05, 3.63) is 60.2 Å². The van der Waals surface area contributed by atoms with Crippen LogP contribution in [0, 0.1) is 11.6 Å². The van der Waals surface area contributed by atoms with Gasteiger partial charge < -0.3 is 5.32 Å².